The number of fused-ring (bicyclic) bond motifs is 12. The van der Waals surface area contributed by atoms with Gasteiger partial charge in [-0.2, -0.15) is 13.7 Å². The first-order chi connectivity index (χ1) is 68.7. The summed E-state index contributed by atoms with van der Waals surface area (Å²) in [5.41, 5.74) is 30.4. The molecule has 0 fully saturated rings. The highest BCUT2D eigenvalue weighted by atomic mass is 31.0. The van der Waals surface area contributed by atoms with E-state index in [1.807, 2.05) is 86.9 Å². The second-order valence-corrected chi connectivity index (χ2v) is 35.4. The third-order valence-electron chi connectivity index (χ3n) is 25.9. The van der Waals surface area contributed by atoms with E-state index >= 15 is 0 Å². The fourth-order valence-corrected chi connectivity index (χ4v) is 19.6. The second-order valence-electron chi connectivity index (χ2n) is 34.7. The van der Waals surface area contributed by atoms with E-state index < -0.39 is 0 Å². The number of aromatic amines is 1. The van der Waals surface area contributed by atoms with Gasteiger partial charge in [0, 0.05) is 61.8 Å². The van der Waals surface area contributed by atoms with Gasteiger partial charge in [-0.05, 0) is 225 Å². The van der Waals surface area contributed by atoms with Crippen LogP contribution in [0.2, 0.25) is 6.82 Å². The zero-order chi connectivity index (χ0) is 93.5. The topological polar surface area (TPSA) is 102 Å². The largest absolute Gasteiger partial charge is 0.292 e. The standard InChI is InChI=1S/C53H34N2.C26H20N2.C24H17N3.C24H16N2.CH5BP.CH4/c1-2-16-44(17-3-1)55-50-21-11-10-20-49(50)54-53(55)38-26-22-37(23-27-38)41-30-31-47-48(34-41)52(43-29-25-36-13-5-7-15-40(36)33-43)46-19-9-8-18-45(46)51(47)42-28-24-35-12-4-6-14-39(35)32-42;1-17-15-23(19-9-5-3-6-10-19)21-13-14-22-24(20-11-7-4-8-12-20)16-18(2)28-26(22)25(21)27-17;1-3-11-19(12-4-1)23-25-26-24(20-13-5-2-6-14-20)27(23)22-17-9-15-18-10-7-8-16-21(18)22;1-3-7-17(8-4-1)19-13-15-25-23-21(19)11-12-22-20(14-16-26-24(22)23)18-9-5-2-6-10-18;1-2-3;/h1-34H;3-16H,1-2H3;1-17H;1-16H;3H2,1H3;1H4/p+1. The number of para-hydroxylation sites is 3. The van der Waals surface area contributed by atoms with Gasteiger partial charge in [0.2, 0.25) is 0 Å². The minimum absolute atomic E-state index is 0. The summed E-state index contributed by atoms with van der Waals surface area (Å²) in [6, 6.07) is 169. The maximum absolute atomic E-state index is 4.90. The van der Waals surface area contributed by atoms with Crippen LogP contribution in [0.3, 0.4) is 0 Å². The first kappa shape index (κ1) is 89.0. The molecule has 6 heterocycles. The Morgan fingerprint density at radius 2 is 0.614 bits per heavy atom. The molecule has 26 aromatic rings. The highest BCUT2D eigenvalue weighted by Crippen LogP contribution is 2.48. The van der Waals surface area contributed by atoms with Gasteiger partial charge in [-0.25, -0.2) is 4.98 Å². The Morgan fingerprint density at radius 1 is 0.264 bits per heavy atom. The van der Waals surface area contributed by atoms with Crippen molar-refractivity contribution in [1.29, 1.82) is 0 Å². The predicted molar refractivity (Wildman–Crippen MR) is 595 cm³/mol. The van der Waals surface area contributed by atoms with Crippen molar-refractivity contribution in [3.8, 4) is 123 Å². The number of H-pyrrole nitrogens is 1. The van der Waals surface area contributed by atoms with Crippen LogP contribution >= 0.6 is 9.12 Å². The molecule has 11 heteroatoms. The van der Waals surface area contributed by atoms with E-state index in [0.29, 0.717) is 0 Å². The van der Waals surface area contributed by atoms with Crippen molar-refractivity contribution in [3.05, 3.63) is 503 Å². The average Bonchev–Trinajstić information content (AvgIpc) is 0.885. The normalized spacial score (nSPS) is 11.1. The zero-order valence-electron chi connectivity index (χ0n) is 77.0. The Balaban J connectivity index is 0.000000117. The van der Waals surface area contributed by atoms with Gasteiger partial charge >= 0.3 is 0 Å². The molecule has 0 amide bonds. The van der Waals surface area contributed by atoms with Gasteiger partial charge in [-0.15, -0.1) is 10.2 Å². The van der Waals surface area contributed by atoms with Crippen LogP contribution in [0.25, 0.3) is 232 Å². The first-order valence-corrected chi connectivity index (χ1v) is 47.7. The third kappa shape index (κ3) is 17.7. The van der Waals surface area contributed by atoms with Crippen molar-refractivity contribution in [2.75, 3.05) is 0 Å². The Hall–Kier alpha value is -17.6. The lowest BCUT2D eigenvalue weighted by Crippen LogP contribution is -2.31. The number of hydrogen-bond acceptors (Lipinski definition) is 6. The van der Waals surface area contributed by atoms with Crippen molar-refractivity contribution >= 4 is 125 Å². The smallest absolute Gasteiger partial charge is 0.274 e. The third-order valence-corrected chi connectivity index (χ3v) is 25.9. The first-order valence-electron chi connectivity index (χ1n) is 47.0. The van der Waals surface area contributed by atoms with Crippen molar-refractivity contribution in [2.45, 2.75) is 28.1 Å². The fourth-order valence-electron chi connectivity index (χ4n) is 19.6. The number of rotatable bonds is 12. The molecule has 665 valence electrons. The molecule has 140 heavy (non-hydrogen) atoms. The summed E-state index contributed by atoms with van der Waals surface area (Å²) in [5.74, 6) is 2.74. The van der Waals surface area contributed by atoms with Crippen LogP contribution in [0.15, 0.2) is 492 Å². The Bertz CT molecular complexity index is 8730. The molecule has 1 N–H and O–H groups in total. The predicted octanol–water partition coefficient (Wildman–Crippen LogP) is 33.5. The van der Waals surface area contributed by atoms with Crippen LogP contribution in [0.1, 0.15) is 18.8 Å². The summed E-state index contributed by atoms with van der Waals surface area (Å²) in [5, 5.41) is 26.0. The Labute approximate surface area is 817 Å². The lowest BCUT2D eigenvalue weighted by Gasteiger charge is -2.19. The van der Waals surface area contributed by atoms with E-state index in [1.54, 1.807) is 0 Å². The summed E-state index contributed by atoms with van der Waals surface area (Å²) < 4.78 is 4.47. The summed E-state index contributed by atoms with van der Waals surface area (Å²) in [4.78, 5) is 22.9. The number of imidazole rings is 1. The molecule has 0 aliphatic heterocycles. The van der Waals surface area contributed by atoms with Crippen LogP contribution in [0.4, 0.5) is 0 Å². The quantitative estimate of drug-likeness (QED) is 0.0430. The molecule has 9 nitrogen and oxygen atoms in total. The zero-order valence-corrected chi connectivity index (χ0v) is 78.2. The molecule has 0 aliphatic rings. The minimum Gasteiger partial charge on any atom is -0.274 e. The van der Waals surface area contributed by atoms with Crippen LogP contribution in [-0.4, -0.2) is 46.7 Å². The van der Waals surface area contributed by atoms with Gasteiger partial charge in [-0.1, -0.05) is 409 Å². The van der Waals surface area contributed by atoms with Crippen molar-refractivity contribution in [3.63, 3.8) is 0 Å². The molecule has 20 aromatic carbocycles. The van der Waals surface area contributed by atoms with Gasteiger partial charge in [0.1, 0.15) is 12.7 Å². The number of pyridine rings is 4. The minimum atomic E-state index is 0. The molecule has 0 saturated heterocycles. The molecular formula is C129H97BN9P+. The molecule has 0 spiro atoms. The Kier molecular flexibility index (Phi) is 25.5. The van der Waals surface area contributed by atoms with E-state index in [0.717, 1.165) is 112 Å². The molecule has 0 aliphatic carbocycles. The lowest BCUT2D eigenvalue weighted by molar-refractivity contribution is -0.554. The van der Waals surface area contributed by atoms with E-state index in [9.17, 15) is 0 Å². The number of nitrogens with one attached hydrogen (secondary N) is 1. The van der Waals surface area contributed by atoms with E-state index in [1.165, 1.54) is 132 Å². The fraction of sp³-hybridized carbons (Fsp3) is 0.0310. The Morgan fingerprint density at radius 3 is 1.09 bits per heavy atom. The second kappa shape index (κ2) is 40.2. The number of nitrogens with zero attached hydrogens (tertiary/aromatic N) is 8. The van der Waals surface area contributed by atoms with Gasteiger partial charge < -0.3 is 0 Å². The molecule has 0 bridgehead atoms. The van der Waals surface area contributed by atoms with E-state index in [2.05, 4.69) is 476 Å². The summed E-state index contributed by atoms with van der Waals surface area (Å²) in [6.07, 6.45) is 3.75. The SMILES string of the molecule is C.C[B]P.Cc1cc(-c2ccccc2)c2ccc3c(-c4ccccc4)cc(C)nc3c2n1.c1ccc(-[n+]2c(-c3ccc(-c4ccc5c(-c6ccc7ccccc7c6)c6ccccc6c(-c6ccc7ccccc7c6)c5c4)cc3)[nH]c3ccccc32)cc1.c1ccc(-c2ccnc3c2ccc2c(-c4ccccc4)ccnc23)cc1.c1ccc(-c2nnc(-c3ccccc3)n2-c2cccc3ccccc23)cc1. The van der Waals surface area contributed by atoms with Crippen molar-refractivity contribution in [1.82, 2.24) is 39.7 Å². The van der Waals surface area contributed by atoms with Gasteiger partial charge in [0.15, 0.2) is 22.7 Å². The van der Waals surface area contributed by atoms with Crippen LogP contribution in [-0.2, 0) is 0 Å². The maximum Gasteiger partial charge on any atom is 0.292 e. The van der Waals surface area contributed by atoms with Gasteiger partial charge in [0.05, 0.1) is 33.3 Å². The van der Waals surface area contributed by atoms with Crippen molar-refractivity contribution in [2.24, 2.45) is 0 Å². The molecule has 1 radical (unpaired) electrons. The van der Waals surface area contributed by atoms with Crippen LogP contribution in [0.5, 0.6) is 0 Å². The molecule has 0 saturated carbocycles. The average molecular weight is 1820 g/mol. The number of aryl methyl sites for hydroxylation is 2. The molecule has 1 unspecified atom stereocenters. The van der Waals surface area contributed by atoms with E-state index in [-0.39, 0.29) is 7.43 Å². The summed E-state index contributed by atoms with van der Waals surface area (Å²) >= 11 is 0. The van der Waals surface area contributed by atoms with Crippen LogP contribution < -0.4 is 4.57 Å². The number of aromatic nitrogens is 9. The van der Waals surface area contributed by atoms with Crippen LogP contribution in [0, 0.1) is 13.8 Å². The van der Waals surface area contributed by atoms with E-state index in [4.69, 9.17) is 9.97 Å². The highest BCUT2D eigenvalue weighted by molar-refractivity contribution is 7.55. The lowest BCUT2D eigenvalue weighted by atomic mass is 9.84. The van der Waals surface area contributed by atoms with Crippen molar-refractivity contribution < 1.29 is 4.57 Å². The van der Waals surface area contributed by atoms with Gasteiger partial charge in [0.25, 0.3) is 5.82 Å². The molecule has 26 rings (SSSR count). The molecule has 1 atom stereocenters. The number of benzene rings is 20. The monoisotopic (exact) mass is 1810 g/mol. The maximum atomic E-state index is 4.90. The highest BCUT2D eigenvalue weighted by Gasteiger charge is 2.26. The molecule has 6 aromatic heterocycles. The number of hydrogen-bond donors (Lipinski definition) is 1. The molecular weight excluding hydrogens is 1720 g/mol. The summed E-state index contributed by atoms with van der Waals surface area (Å²) in [6.45, 7) is 7.99. The van der Waals surface area contributed by atoms with Gasteiger partial charge in [-0.3, -0.25) is 24.5 Å². The summed E-state index contributed by atoms with van der Waals surface area (Å²) in [7, 11) is 2.45.